The van der Waals surface area contributed by atoms with Gasteiger partial charge in [-0.2, -0.15) is 0 Å². The van der Waals surface area contributed by atoms with Crippen LogP contribution in [0.15, 0.2) is 27.8 Å². The van der Waals surface area contributed by atoms with E-state index in [2.05, 4.69) is 20.8 Å². The van der Waals surface area contributed by atoms with Crippen LogP contribution in [0.2, 0.25) is 0 Å². The van der Waals surface area contributed by atoms with Gasteiger partial charge in [0.2, 0.25) is 0 Å². The minimum Gasteiger partial charge on any atom is -0.366 e. The third-order valence-electron chi connectivity index (χ3n) is 3.30. The maximum absolute atomic E-state index is 12.1. The van der Waals surface area contributed by atoms with Gasteiger partial charge < -0.3 is 15.4 Å². The maximum atomic E-state index is 12.1. The van der Waals surface area contributed by atoms with Crippen LogP contribution in [0.4, 0.5) is 5.69 Å². The standard InChI is InChI=1S/C13H14N4O4/c18-11-7-2-1-3-8(10(7)13(20)17-16-11)15-12(19)9-6-14-4-5-21-9/h1-3,9,14H,4-6H2,(H,15,19)(H,16,18)(H,17,20). The van der Waals surface area contributed by atoms with Gasteiger partial charge in [-0.1, -0.05) is 6.07 Å². The number of rotatable bonds is 2. The highest BCUT2D eigenvalue weighted by Crippen LogP contribution is 2.17. The van der Waals surface area contributed by atoms with Gasteiger partial charge in [0.1, 0.15) is 6.10 Å². The molecule has 1 fully saturated rings. The Bertz CT molecular complexity index is 789. The Kier molecular flexibility index (Phi) is 3.55. The number of aromatic amines is 2. The number of benzene rings is 1. The third kappa shape index (κ3) is 2.58. The van der Waals surface area contributed by atoms with E-state index in [4.69, 9.17) is 4.74 Å². The smallest absolute Gasteiger partial charge is 0.272 e. The second-order valence-electron chi connectivity index (χ2n) is 4.69. The predicted molar refractivity (Wildman–Crippen MR) is 76.4 cm³/mol. The second kappa shape index (κ2) is 5.51. The van der Waals surface area contributed by atoms with Crippen LogP contribution in [-0.2, 0) is 9.53 Å². The Morgan fingerprint density at radius 1 is 1.24 bits per heavy atom. The van der Waals surface area contributed by atoms with E-state index >= 15 is 0 Å². The van der Waals surface area contributed by atoms with Crippen molar-refractivity contribution in [1.29, 1.82) is 0 Å². The van der Waals surface area contributed by atoms with Gasteiger partial charge in [-0.25, -0.2) is 0 Å². The van der Waals surface area contributed by atoms with Gasteiger partial charge in [0.15, 0.2) is 0 Å². The summed E-state index contributed by atoms with van der Waals surface area (Å²) < 4.78 is 5.35. The first-order chi connectivity index (χ1) is 10.2. The van der Waals surface area contributed by atoms with E-state index in [1.165, 1.54) is 6.07 Å². The number of H-pyrrole nitrogens is 2. The lowest BCUT2D eigenvalue weighted by molar-refractivity contribution is -0.128. The summed E-state index contributed by atoms with van der Waals surface area (Å²) in [6, 6.07) is 4.70. The largest absolute Gasteiger partial charge is 0.366 e. The molecule has 1 unspecified atom stereocenters. The SMILES string of the molecule is O=C(Nc1cccc2c(=O)[nH][nH]c(=O)c12)C1CNCCO1. The first-order valence-corrected chi connectivity index (χ1v) is 6.53. The van der Waals surface area contributed by atoms with E-state index in [0.29, 0.717) is 25.4 Å². The fourth-order valence-corrected chi connectivity index (χ4v) is 2.28. The molecule has 0 spiro atoms. The van der Waals surface area contributed by atoms with E-state index in [-0.39, 0.29) is 16.7 Å². The number of morpholine rings is 1. The van der Waals surface area contributed by atoms with Crippen molar-refractivity contribution in [3.63, 3.8) is 0 Å². The fourth-order valence-electron chi connectivity index (χ4n) is 2.28. The minimum atomic E-state index is -0.616. The van der Waals surface area contributed by atoms with Crippen molar-refractivity contribution in [1.82, 2.24) is 15.5 Å². The molecule has 1 atom stereocenters. The monoisotopic (exact) mass is 290 g/mol. The van der Waals surface area contributed by atoms with E-state index in [0.717, 1.165) is 0 Å². The number of amides is 1. The Hall–Kier alpha value is -2.45. The summed E-state index contributed by atoms with van der Waals surface area (Å²) in [7, 11) is 0. The summed E-state index contributed by atoms with van der Waals surface area (Å²) in [6.45, 7) is 1.56. The highest BCUT2D eigenvalue weighted by atomic mass is 16.5. The molecule has 1 amide bonds. The van der Waals surface area contributed by atoms with E-state index in [1.807, 2.05) is 0 Å². The van der Waals surface area contributed by atoms with Crippen LogP contribution in [0.3, 0.4) is 0 Å². The first-order valence-electron chi connectivity index (χ1n) is 6.53. The molecule has 8 heteroatoms. The molecule has 1 saturated heterocycles. The molecule has 2 heterocycles. The first kappa shape index (κ1) is 13.5. The van der Waals surface area contributed by atoms with Crippen molar-refractivity contribution in [2.75, 3.05) is 25.0 Å². The molecule has 0 aliphatic carbocycles. The van der Waals surface area contributed by atoms with Crippen LogP contribution in [0.25, 0.3) is 10.8 Å². The van der Waals surface area contributed by atoms with Gasteiger partial charge >= 0.3 is 0 Å². The number of carbonyl (C=O) groups is 1. The minimum absolute atomic E-state index is 0.151. The zero-order valence-electron chi connectivity index (χ0n) is 11.1. The van der Waals surface area contributed by atoms with Gasteiger partial charge in [-0.3, -0.25) is 24.6 Å². The van der Waals surface area contributed by atoms with Crippen molar-refractivity contribution >= 4 is 22.4 Å². The molecule has 4 N–H and O–H groups in total. The lowest BCUT2D eigenvalue weighted by atomic mass is 10.1. The molecule has 21 heavy (non-hydrogen) atoms. The van der Waals surface area contributed by atoms with Crippen LogP contribution < -0.4 is 21.8 Å². The van der Waals surface area contributed by atoms with Gasteiger partial charge in [-0.15, -0.1) is 0 Å². The third-order valence-corrected chi connectivity index (χ3v) is 3.30. The van der Waals surface area contributed by atoms with Crippen LogP contribution in [0, 0.1) is 0 Å². The van der Waals surface area contributed by atoms with E-state index < -0.39 is 17.2 Å². The molecule has 0 bridgehead atoms. The van der Waals surface area contributed by atoms with Gasteiger partial charge in [0.25, 0.3) is 17.0 Å². The molecule has 1 aromatic carbocycles. The van der Waals surface area contributed by atoms with E-state index in [9.17, 15) is 14.4 Å². The number of fused-ring (bicyclic) bond motifs is 1. The number of hydrogen-bond donors (Lipinski definition) is 4. The van der Waals surface area contributed by atoms with Crippen LogP contribution in [-0.4, -0.2) is 41.9 Å². The molecule has 2 aromatic rings. The summed E-state index contributed by atoms with van der Waals surface area (Å²) in [4.78, 5) is 35.7. The van der Waals surface area contributed by atoms with Crippen molar-refractivity contribution in [3.05, 3.63) is 38.9 Å². The lowest BCUT2D eigenvalue weighted by Crippen LogP contribution is -2.45. The quantitative estimate of drug-likeness (QED) is 0.574. The Morgan fingerprint density at radius 3 is 2.81 bits per heavy atom. The number of hydrogen-bond acceptors (Lipinski definition) is 5. The molecular weight excluding hydrogens is 276 g/mol. The van der Waals surface area contributed by atoms with Crippen molar-refractivity contribution < 1.29 is 9.53 Å². The highest BCUT2D eigenvalue weighted by molar-refractivity contribution is 6.03. The zero-order chi connectivity index (χ0) is 14.8. The predicted octanol–water partition coefficient (Wildman–Crippen LogP) is -0.857. The molecule has 3 rings (SSSR count). The molecular formula is C13H14N4O4. The number of nitrogens with one attached hydrogen (secondary N) is 4. The summed E-state index contributed by atoms with van der Waals surface area (Å²) in [6.07, 6.45) is -0.616. The topological polar surface area (TPSA) is 116 Å². The fraction of sp³-hybridized carbons (Fsp3) is 0.308. The van der Waals surface area contributed by atoms with Gasteiger partial charge in [0.05, 0.1) is 23.1 Å². The number of ether oxygens (including phenoxy) is 1. The normalized spacial score (nSPS) is 18.6. The lowest BCUT2D eigenvalue weighted by Gasteiger charge is -2.22. The highest BCUT2D eigenvalue weighted by Gasteiger charge is 2.22. The molecule has 1 aliphatic rings. The molecule has 0 radical (unpaired) electrons. The molecule has 110 valence electrons. The Balaban J connectivity index is 1.97. The van der Waals surface area contributed by atoms with Crippen molar-refractivity contribution in [2.45, 2.75) is 6.10 Å². The Labute approximate surface area is 118 Å². The summed E-state index contributed by atoms with van der Waals surface area (Å²) in [5.74, 6) is -0.352. The van der Waals surface area contributed by atoms with Crippen molar-refractivity contribution in [3.8, 4) is 0 Å². The van der Waals surface area contributed by atoms with Gasteiger partial charge in [-0.05, 0) is 12.1 Å². The van der Waals surface area contributed by atoms with Crippen LogP contribution in [0.5, 0.6) is 0 Å². The maximum Gasteiger partial charge on any atom is 0.272 e. The molecule has 8 nitrogen and oxygen atoms in total. The van der Waals surface area contributed by atoms with Gasteiger partial charge in [0, 0.05) is 13.1 Å². The number of anilines is 1. The summed E-state index contributed by atoms with van der Waals surface area (Å²) in [5.41, 5.74) is -0.599. The van der Waals surface area contributed by atoms with Crippen LogP contribution in [0.1, 0.15) is 0 Å². The average Bonchev–Trinajstić information content (AvgIpc) is 2.52. The average molecular weight is 290 g/mol. The molecule has 0 saturated carbocycles. The summed E-state index contributed by atoms with van der Waals surface area (Å²) >= 11 is 0. The Morgan fingerprint density at radius 2 is 2.05 bits per heavy atom. The second-order valence-corrected chi connectivity index (χ2v) is 4.69. The van der Waals surface area contributed by atoms with Crippen molar-refractivity contribution in [2.24, 2.45) is 0 Å². The zero-order valence-corrected chi connectivity index (χ0v) is 11.1. The molecule has 1 aliphatic heterocycles. The van der Waals surface area contributed by atoms with Crippen LogP contribution >= 0.6 is 0 Å². The number of carbonyl (C=O) groups excluding carboxylic acids is 1. The van der Waals surface area contributed by atoms with E-state index in [1.54, 1.807) is 12.1 Å². The molecule has 1 aromatic heterocycles. The summed E-state index contributed by atoms with van der Waals surface area (Å²) in [5, 5.41) is 10.6. The number of aromatic nitrogens is 2.